The number of amides is 2. The average Bonchev–Trinajstić information content (AvgIpc) is 2.91. The van der Waals surface area contributed by atoms with Gasteiger partial charge in [0, 0.05) is 15.9 Å². The van der Waals surface area contributed by atoms with Crippen molar-refractivity contribution in [2.75, 3.05) is 18.5 Å². The molecule has 1 heterocycles. The molecule has 0 atom stereocenters. The molecule has 2 amide bonds. The molecule has 3 N–H and O–H groups in total. The van der Waals surface area contributed by atoms with Crippen LogP contribution in [0.4, 0.5) is 5.69 Å². The normalized spacial score (nSPS) is 10.4. The van der Waals surface area contributed by atoms with Gasteiger partial charge in [-0.05, 0) is 57.0 Å². The van der Waals surface area contributed by atoms with Crippen LogP contribution in [0.15, 0.2) is 22.7 Å². The molecule has 0 bridgehead atoms. The minimum atomic E-state index is -0.480. The van der Waals surface area contributed by atoms with Crippen molar-refractivity contribution < 1.29 is 19.1 Å². The molecule has 7 nitrogen and oxygen atoms in total. The van der Waals surface area contributed by atoms with Gasteiger partial charge in [0.1, 0.15) is 5.69 Å². The summed E-state index contributed by atoms with van der Waals surface area (Å²) in [7, 11) is 0. The van der Waals surface area contributed by atoms with Crippen molar-refractivity contribution in [3.63, 3.8) is 0 Å². The van der Waals surface area contributed by atoms with Crippen LogP contribution in [-0.2, 0) is 9.53 Å². The number of halogens is 1. The zero-order valence-corrected chi connectivity index (χ0v) is 17.2. The molecular weight excluding hydrogens is 414 g/mol. The topological polar surface area (TPSA) is 100 Å². The van der Waals surface area contributed by atoms with Crippen molar-refractivity contribution in [1.29, 1.82) is 0 Å². The fourth-order valence-electron chi connectivity index (χ4n) is 2.66. The number of benzene rings is 1. The molecule has 0 aliphatic rings. The third kappa shape index (κ3) is 4.97. The Bertz CT molecular complexity index is 889. The maximum absolute atomic E-state index is 12.4. The highest BCUT2D eigenvalue weighted by Gasteiger charge is 2.23. The fraction of sp³-hybridized carbons (Fsp3) is 0.316. The van der Waals surface area contributed by atoms with E-state index >= 15 is 0 Å². The second kappa shape index (κ2) is 8.85. The molecule has 2 aromatic rings. The zero-order valence-electron chi connectivity index (χ0n) is 15.7. The number of esters is 1. The molecule has 0 radical (unpaired) electrons. The van der Waals surface area contributed by atoms with Gasteiger partial charge in [0.2, 0.25) is 5.91 Å². The molecular formula is C19H22BrN3O4. The van der Waals surface area contributed by atoms with Gasteiger partial charge in [0.15, 0.2) is 0 Å². The Kier molecular flexibility index (Phi) is 6.79. The van der Waals surface area contributed by atoms with E-state index in [1.54, 1.807) is 26.8 Å². The smallest absolute Gasteiger partial charge is 0.340 e. The summed E-state index contributed by atoms with van der Waals surface area (Å²) in [6.45, 7) is 7.04. The van der Waals surface area contributed by atoms with E-state index in [0.29, 0.717) is 22.5 Å². The summed E-state index contributed by atoms with van der Waals surface area (Å²) in [5.41, 5.74) is 3.25. The van der Waals surface area contributed by atoms with Crippen LogP contribution < -0.4 is 10.6 Å². The number of anilines is 1. The molecule has 144 valence electrons. The first-order chi connectivity index (χ1) is 12.7. The molecule has 0 unspecified atom stereocenters. The minimum Gasteiger partial charge on any atom is -0.462 e. The maximum atomic E-state index is 12.4. The Labute approximate surface area is 166 Å². The summed E-state index contributed by atoms with van der Waals surface area (Å²) in [5.74, 6) is -1.30. The van der Waals surface area contributed by atoms with Crippen molar-refractivity contribution in [3.8, 4) is 0 Å². The summed E-state index contributed by atoms with van der Waals surface area (Å²) in [4.78, 5) is 39.4. The van der Waals surface area contributed by atoms with Gasteiger partial charge >= 0.3 is 5.97 Å². The van der Waals surface area contributed by atoms with E-state index in [-0.39, 0.29) is 24.8 Å². The van der Waals surface area contributed by atoms with E-state index in [4.69, 9.17) is 4.74 Å². The standard InChI is InChI=1S/C19H22BrN3O4/c1-5-27-19(26)16-11(3)17(22-12(16)4)18(25)21-9-15(24)23-13-6-7-14(20)10(2)8-13/h6-8,22H,5,9H2,1-4H3,(H,21,25)(H,23,24). The van der Waals surface area contributed by atoms with Gasteiger partial charge in [-0.1, -0.05) is 15.9 Å². The fourth-order valence-corrected chi connectivity index (χ4v) is 2.91. The van der Waals surface area contributed by atoms with Gasteiger partial charge in [-0.15, -0.1) is 0 Å². The first-order valence-electron chi connectivity index (χ1n) is 8.45. The molecule has 0 saturated heterocycles. The first kappa shape index (κ1) is 20.7. The predicted molar refractivity (Wildman–Crippen MR) is 106 cm³/mol. The predicted octanol–water partition coefficient (Wildman–Crippen LogP) is 3.25. The number of carbonyl (C=O) groups is 3. The number of H-pyrrole nitrogens is 1. The van der Waals surface area contributed by atoms with Gasteiger partial charge in [-0.2, -0.15) is 0 Å². The van der Waals surface area contributed by atoms with Gasteiger partial charge in [-0.3, -0.25) is 9.59 Å². The van der Waals surface area contributed by atoms with Crippen LogP contribution in [0, 0.1) is 20.8 Å². The SMILES string of the molecule is CCOC(=O)c1c(C)[nH]c(C(=O)NCC(=O)Nc2ccc(Br)c(C)c2)c1C. The van der Waals surface area contributed by atoms with E-state index in [2.05, 4.69) is 31.5 Å². The van der Waals surface area contributed by atoms with Crippen LogP contribution >= 0.6 is 15.9 Å². The Morgan fingerprint density at radius 3 is 2.52 bits per heavy atom. The molecule has 0 saturated carbocycles. The van der Waals surface area contributed by atoms with Crippen LogP contribution in [0.3, 0.4) is 0 Å². The van der Waals surface area contributed by atoms with E-state index in [9.17, 15) is 14.4 Å². The monoisotopic (exact) mass is 435 g/mol. The van der Waals surface area contributed by atoms with E-state index in [1.165, 1.54) is 0 Å². The molecule has 1 aromatic carbocycles. The lowest BCUT2D eigenvalue weighted by Crippen LogP contribution is -2.33. The first-order valence-corrected chi connectivity index (χ1v) is 9.24. The number of rotatable bonds is 6. The number of aryl methyl sites for hydroxylation is 2. The Morgan fingerprint density at radius 1 is 1.19 bits per heavy atom. The lowest BCUT2D eigenvalue weighted by atomic mass is 10.1. The Hall–Kier alpha value is -2.61. The van der Waals surface area contributed by atoms with Crippen LogP contribution in [0.1, 0.15) is 44.6 Å². The largest absolute Gasteiger partial charge is 0.462 e. The number of hydrogen-bond acceptors (Lipinski definition) is 4. The van der Waals surface area contributed by atoms with Crippen LogP contribution in [0.2, 0.25) is 0 Å². The molecule has 0 fully saturated rings. The number of aromatic amines is 1. The zero-order chi connectivity index (χ0) is 20.1. The van der Waals surface area contributed by atoms with Gasteiger partial charge in [0.25, 0.3) is 5.91 Å². The van der Waals surface area contributed by atoms with Gasteiger partial charge in [0.05, 0.1) is 18.7 Å². The van der Waals surface area contributed by atoms with Crippen LogP contribution in [0.5, 0.6) is 0 Å². The van der Waals surface area contributed by atoms with Crippen molar-refractivity contribution in [1.82, 2.24) is 10.3 Å². The minimum absolute atomic E-state index is 0.194. The van der Waals surface area contributed by atoms with Gasteiger partial charge in [-0.25, -0.2) is 4.79 Å². The van der Waals surface area contributed by atoms with Crippen molar-refractivity contribution in [2.45, 2.75) is 27.7 Å². The average molecular weight is 436 g/mol. The third-order valence-corrected chi connectivity index (χ3v) is 4.89. The van der Waals surface area contributed by atoms with Crippen molar-refractivity contribution in [2.24, 2.45) is 0 Å². The second-order valence-corrected chi connectivity index (χ2v) is 6.89. The molecule has 0 spiro atoms. The second-order valence-electron chi connectivity index (χ2n) is 6.04. The summed E-state index contributed by atoms with van der Waals surface area (Å²) >= 11 is 3.40. The highest BCUT2D eigenvalue weighted by molar-refractivity contribution is 9.10. The molecule has 1 aromatic heterocycles. The van der Waals surface area contributed by atoms with Gasteiger partial charge < -0.3 is 20.4 Å². The van der Waals surface area contributed by atoms with E-state index < -0.39 is 11.9 Å². The lowest BCUT2D eigenvalue weighted by molar-refractivity contribution is -0.115. The molecule has 2 rings (SSSR count). The van der Waals surface area contributed by atoms with Crippen LogP contribution in [0.25, 0.3) is 0 Å². The summed E-state index contributed by atoms with van der Waals surface area (Å²) in [5, 5.41) is 5.28. The quantitative estimate of drug-likeness (QED) is 0.606. The van der Waals surface area contributed by atoms with Crippen molar-refractivity contribution in [3.05, 3.63) is 50.8 Å². The van der Waals surface area contributed by atoms with E-state index in [0.717, 1.165) is 10.0 Å². The molecule has 0 aliphatic carbocycles. The highest BCUT2D eigenvalue weighted by atomic mass is 79.9. The Balaban J connectivity index is 2.01. The maximum Gasteiger partial charge on any atom is 0.340 e. The number of ether oxygens (including phenoxy) is 1. The van der Waals surface area contributed by atoms with E-state index in [1.807, 2.05) is 19.1 Å². The number of aromatic nitrogens is 1. The number of nitrogens with one attached hydrogen (secondary N) is 3. The highest BCUT2D eigenvalue weighted by Crippen LogP contribution is 2.20. The van der Waals surface area contributed by atoms with Crippen molar-refractivity contribution >= 4 is 39.4 Å². The molecule has 8 heteroatoms. The number of carbonyl (C=O) groups excluding carboxylic acids is 3. The molecule has 27 heavy (non-hydrogen) atoms. The van der Waals surface area contributed by atoms with Crippen LogP contribution in [-0.4, -0.2) is 35.9 Å². The summed E-state index contributed by atoms with van der Waals surface area (Å²) in [6, 6.07) is 5.43. The lowest BCUT2D eigenvalue weighted by Gasteiger charge is -2.08. The Morgan fingerprint density at radius 2 is 1.89 bits per heavy atom. The summed E-state index contributed by atoms with van der Waals surface area (Å²) < 4.78 is 5.96. The number of hydrogen-bond donors (Lipinski definition) is 3. The summed E-state index contributed by atoms with van der Waals surface area (Å²) in [6.07, 6.45) is 0. The third-order valence-electron chi connectivity index (χ3n) is 4.00. The molecule has 0 aliphatic heterocycles.